The quantitative estimate of drug-likeness (QED) is 0.778. The van der Waals surface area contributed by atoms with Gasteiger partial charge in [-0.1, -0.05) is 0 Å². The van der Waals surface area contributed by atoms with E-state index in [4.69, 9.17) is 9.52 Å². The van der Waals surface area contributed by atoms with E-state index in [9.17, 15) is 19.5 Å². The minimum absolute atomic E-state index is 0.0159. The molecule has 0 aliphatic carbocycles. The van der Waals surface area contributed by atoms with Crippen LogP contribution in [0.15, 0.2) is 27.4 Å². The Morgan fingerprint density at radius 3 is 2.50 bits per heavy atom. The number of phenols is 1. The van der Waals surface area contributed by atoms with Crippen molar-refractivity contribution < 1.29 is 24.2 Å². The fraction of sp³-hybridized carbons (Fsp3) is 0.0833. The number of carboxylic acid groups (broad SMARTS) is 1. The molecule has 6 heteroatoms. The molecule has 0 unspecified atom stereocenters. The number of ketones is 1. The largest absolute Gasteiger partial charge is 0.506 e. The average Bonchev–Trinajstić information content (AvgIpc) is 2.27. The van der Waals surface area contributed by atoms with Crippen LogP contribution in [0.3, 0.4) is 0 Å². The first kappa shape index (κ1) is 11.8. The van der Waals surface area contributed by atoms with Gasteiger partial charge in [0, 0.05) is 6.07 Å². The lowest BCUT2D eigenvalue weighted by Gasteiger charge is -2.04. The molecular formula is C12H8O6. The third-order valence-electron chi connectivity index (χ3n) is 2.46. The molecule has 92 valence electrons. The summed E-state index contributed by atoms with van der Waals surface area (Å²) in [5, 5.41) is 18.3. The van der Waals surface area contributed by atoms with Crippen LogP contribution in [-0.4, -0.2) is 22.0 Å². The fourth-order valence-corrected chi connectivity index (χ4v) is 1.62. The second-order valence-electron chi connectivity index (χ2n) is 3.67. The molecule has 0 radical (unpaired) electrons. The van der Waals surface area contributed by atoms with Crippen LogP contribution in [-0.2, 0) is 0 Å². The molecule has 1 aromatic carbocycles. The number of phenolic OH excluding ortho intramolecular Hbond substituents is 1. The highest BCUT2D eigenvalue weighted by Gasteiger charge is 2.17. The molecule has 0 amide bonds. The van der Waals surface area contributed by atoms with Crippen LogP contribution in [0.4, 0.5) is 0 Å². The van der Waals surface area contributed by atoms with Crippen molar-refractivity contribution in [2.24, 2.45) is 0 Å². The van der Waals surface area contributed by atoms with E-state index >= 15 is 0 Å². The topological polar surface area (TPSA) is 105 Å². The van der Waals surface area contributed by atoms with Crippen LogP contribution in [0.5, 0.6) is 5.75 Å². The number of carboxylic acids is 1. The Labute approximate surface area is 100 Å². The molecule has 18 heavy (non-hydrogen) atoms. The molecule has 1 aromatic heterocycles. The normalized spacial score (nSPS) is 10.5. The molecule has 0 aliphatic rings. The van der Waals surface area contributed by atoms with E-state index in [0.717, 1.165) is 6.07 Å². The second kappa shape index (κ2) is 3.99. The van der Waals surface area contributed by atoms with Crippen LogP contribution in [0, 0.1) is 0 Å². The first-order valence-corrected chi connectivity index (χ1v) is 4.96. The van der Waals surface area contributed by atoms with Crippen molar-refractivity contribution >= 4 is 22.7 Å². The van der Waals surface area contributed by atoms with Crippen LogP contribution in [0.25, 0.3) is 11.0 Å². The number of carbonyl (C=O) groups excluding carboxylic acids is 1. The zero-order valence-corrected chi connectivity index (χ0v) is 9.26. The molecule has 0 atom stereocenters. The van der Waals surface area contributed by atoms with Crippen LogP contribution in [0.2, 0.25) is 0 Å². The smallest absolute Gasteiger partial charge is 0.371 e. The van der Waals surface area contributed by atoms with E-state index in [-0.39, 0.29) is 16.5 Å². The van der Waals surface area contributed by atoms with Gasteiger partial charge >= 0.3 is 5.97 Å². The molecule has 0 bridgehead atoms. The summed E-state index contributed by atoms with van der Waals surface area (Å²) in [5.41, 5.74) is -0.811. The monoisotopic (exact) mass is 248 g/mol. The van der Waals surface area contributed by atoms with Gasteiger partial charge in [-0.15, -0.1) is 0 Å². The molecule has 2 aromatic rings. The van der Waals surface area contributed by atoms with Gasteiger partial charge in [0.05, 0.1) is 5.56 Å². The highest BCUT2D eigenvalue weighted by atomic mass is 16.4. The van der Waals surface area contributed by atoms with Gasteiger partial charge in [0.15, 0.2) is 11.2 Å². The first-order chi connectivity index (χ1) is 8.41. The second-order valence-corrected chi connectivity index (χ2v) is 3.67. The van der Waals surface area contributed by atoms with E-state index < -0.39 is 28.7 Å². The molecule has 0 saturated carbocycles. The van der Waals surface area contributed by atoms with E-state index in [1.54, 1.807) is 0 Å². The minimum Gasteiger partial charge on any atom is -0.506 e. The third-order valence-corrected chi connectivity index (χ3v) is 2.46. The highest BCUT2D eigenvalue weighted by molar-refractivity contribution is 6.02. The van der Waals surface area contributed by atoms with Crippen molar-refractivity contribution in [1.82, 2.24) is 0 Å². The summed E-state index contributed by atoms with van der Waals surface area (Å²) in [4.78, 5) is 33.6. The van der Waals surface area contributed by atoms with Crippen molar-refractivity contribution in [1.29, 1.82) is 0 Å². The number of fused-ring (bicyclic) bond motifs is 1. The lowest BCUT2D eigenvalue weighted by Crippen LogP contribution is -2.07. The van der Waals surface area contributed by atoms with Crippen LogP contribution < -0.4 is 5.43 Å². The predicted molar refractivity (Wildman–Crippen MR) is 61.1 cm³/mol. The maximum absolute atomic E-state index is 11.7. The van der Waals surface area contributed by atoms with Crippen molar-refractivity contribution in [3.05, 3.63) is 39.7 Å². The Hall–Kier alpha value is -2.63. The van der Waals surface area contributed by atoms with Gasteiger partial charge in [0.2, 0.25) is 5.76 Å². The number of hydrogen-bond donors (Lipinski definition) is 2. The average molecular weight is 248 g/mol. The summed E-state index contributed by atoms with van der Waals surface area (Å²) in [6.45, 7) is 1.24. The Bertz CT molecular complexity index is 725. The summed E-state index contributed by atoms with van der Waals surface area (Å²) >= 11 is 0. The number of carbonyl (C=O) groups is 2. The number of aromatic hydroxyl groups is 1. The summed E-state index contributed by atoms with van der Waals surface area (Å²) in [6, 6.07) is 3.31. The predicted octanol–water partition coefficient (Wildman–Crippen LogP) is 1.40. The van der Waals surface area contributed by atoms with Gasteiger partial charge in [-0.25, -0.2) is 4.79 Å². The van der Waals surface area contributed by atoms with Crippen molar-refractivity contribution in [2.45, 2.75) is 6.92 Å². The maximum Gasteiger partial charge on any atom is 0.371 e. The summed E-state index contributed by atoms with van der Waals surface area (Å²) in [7, 11) is 0. The summed E-state index contributed by atoms with van der Waals surface area (Å²) in [6.07, 6.45) is 0. The van der Waals surface area contributed by atoms with E-state index in [0.29, 0.717) is 0 Å². The van der Waals surface area contributed by atoms with Gasteiger partial charge in [-0.3, -0.25) is 9.59 Å². The van der Waals surface area contributed by atoms with E-state index in [1.165, 1.54) is 19.1 Å². The van der Waals surface area contributed by atoms with E-state index in [2.05, 4.69) is 0 Å². The standard InChI is InChI=1S/C12H8O6/c1-5(13)6-2-3-8-10(11(6)15)7(14)4-9(18-8)12(16)17/h2-4,15H,1H3,(H,16,17). The fourth-order valence-electron chi connectivity index (χ4n) is 1.62. The number of benzene rings is 1. The molecule has 2 rings (SSSR count). The van der Waals surface area contributed by atoms with Crippen LogP contribution in [0.1, 0.15) is 27.8 Å². The van der Waals surface area contributed by atoms with Gasteiger partial charge in [0.1, 0.15) is 16.7 Å². The van der Waals surface area contributed by atoms with Gasteiger partial charge in [-0.2, -0.15) is 0 Å². The Balaban J connectivity index is 2.89. The molecule has 1 heterocycles. The van der Waals surface area contributed by atoms with Crippen LogP contribution >= 0.6 is 0 Å². The first-order valence-electron chi connectivity index (χ1n) is 4.96. The molecule has 6 nitrogen and oxygen atoms in total. The SMILES string of the molecule is CC(=O)c1ccc2oc(C(=O)O)cc(=O)c2c1O. The zero-order chi connectivity index (χ0) is 13.4. The van der Waals surface area contributed by atoms with Gasteiger partial charge in [0.25, 0.3) is 0 Å². The van der Waals surface area contributed by atoms with E-state index in [1.807, 2.05) is 0 Å². The van der Waals surface area contributed by atoms with Gasteiger partial charge < -0.3 is 14.6 Å². The van der Waals surface area contributed by atoms with Crippen molar-refractivity contribution in [2.75, 3.05) is 0 Å². The molecule has 0 aliphatic heterocycles. The third kappa shape index (κ3) is 1.73. The summed E-state index contributed by atoms with van der Waals surface area (Å²) < 4.78 is 4.95. The Morgan fingerprint density at radius 2 is 1.94 bits per heavy atom. The number of hydrogen-bond acceptors (Lipinski definition) is 5. The Kier molecular flexibility index (Phi) is 2.63. The lowest BCUT2D eigenvalue weighted by molar-refractivity contribution is 0.0662. The molecule has 2 N–H and O–H groups in total. The zero-order valence-electron chi connectivity index (χ0n) is 9.26. The summed E-state index contributed by atoms with van der Waals surface area (Å²) in [5.74, 6) is -2.81. The molecule has 0 saturated heterocycles. The highest BCUT2D eigenvalue weighted by Crippen LogP contribution is 2.27. The number of aromatic carboxylic acids is 1. The minimum atomic E-state index is -1.39. The van der Waals surface area contributed by atoms with Gasteiger partial charge in [-0.05, 0) is 19.1 Å². The Morgan fingerprint density at radius 1 is 1.28 bits per heavy atom. The maximum atomic E-state index is 11.7. The molecule has 0 spiro atoms. The molecule has 0 fully saturated rings. The number of rotatable bonds is 2. The van der Waals surface area contributed by atoms with Crippen molar-refractivity contribution in [3.8, 4) is 5.75 Å². The number of Topliss-reactive ketones (excluding diaryl/α,β-unsaturated/α-hetero) is 1. The lowest BCUT2D eigenvalue weighted by atomic mass is 10.1. The molecular weight excluding hydrogens is 240 g/mol. The van der Waals surface area contributed by atoms with Crippen molar-refractivity contribution in [3.63, 3.8) is 0 Å².